The fraction of sp³-hybridized carbons (Fsp3) is 0.471. The number of hydrogen-bond donors (Lipinski definition) is 1. The minimum Gasteiger partial charge on any atom is -0.466 e. The van der Waals surface area contributed by atoms with Crippen molar-refractivity contribution in [3.8, 4) is 0 Å². The zero-order chi connectivity index (χ0) is 16.7. The molecule has 124 valence electrons. The Bertz CT molecular complexity index is 578. The quantitative estimate of drug-likeness (QED) is 0.489. The van der Waals surface area contributed by atoms with Crippen molar-refractivity contribution in [3.63, 3.8) is 0 Å². The topological polar surface area (TPSA) is 73.9 Å². The summed E-state index contributed by atoms with van der Waals surface area (Å²) in [6, 6.07) is 6.72. The Morgan fingerprint density at radius 1 is 1.39 bits per heavy atom. The Hall–Kier alpha value is -2.21. The van der Waals surface area contributed by atoms with Crippen molar-refractivity contribution in [3.05, 3.63) is 46.0 Å². The molecular formula is C17H23N2O4+. The van der Waals surface area contributed by atoms with Gasteiger partial charge >= 0.3 is 5.97 Å². The summed E-state index contributed by atoms with van der Waals surface area (Å²) in [5, 5.41) is 11.0. The molecule has 1 aliphatic rings. The standard InChI is InChI=1S/C17H22N2O4/c1-2-23-17(20)15-9-12-18(13-10-15)11-5-7-14-6-3-4-8-16(14)19(21)22/h3-8,15H,2,9-13H2,1H3/p+1/b7-5+. The zero-order valence-electron chi connectivity index (χ0n) is 13.4. The highest BCUT2D eigenvalue weighted by Gasteiger charge is 2.27. The van der Waals surface area contributed by atoms with Crippen LogP contribution in [0.5, 0.6) is 0 Å². The highest BCUT2D eigenvalue weighted by Crippen LogP contribution is 2.18. The van der Waals surface area contributed by atoms with Crippen molar-refractivity contribution in [2.45, 2.75) is 19.8 Å². The van der Waals surface area contributed by atoms with Crippen LogP contribution < -0.4 is 4.90 Å². The van der Waals surface area contributed by atoms with E-state index < -0.39 is 0 Å². The molecular weight excluding hydrogens is 296 g/mol. The predicted octanol–water partition coefficient (Wildman–Crippen LogP) is 1.47. The van der Waals surface area contributed by atoms with Gasteiger partial charge in [0.2, 0.25) is 0 Å². The van der Waals surface area contributed by atoms with E-state index in [0.717, 1.165) is 32.5 Å². The molecule has 0 bridgehead atoms. The molecule has 1 saturated heterocycles. The molecule has 0 spiro atoms. The van der Waals surface area contributed by atoms with Crippen LogP contribution in [0.15, 0.2) is 30.3 Å². The average molecular weight is 319 g/mol. The predicted molar refractivity (Wildman–Crippen MR) is 87.1 cm³/mol. The lowest BCUT2D eigenvalue weighted by molar-refractivity contribution is -0.899. The molecule has 0 radical (unpaired) electrons. The highest BCUT2D eigenvalue weighted by atomic mass is 16.6. The molecule has 1 heterocycles. The van der Waals surface area contributed by atoms with Crippen LogP contribution in [0, 0.1) is 16.0 Å². The number of nitro groups is 1. The summed E-state index contributed by atoms with van der Waals surface area (Å²) in [6.45, 7) is 4.91. The van der Waals surface area contributed by atoms with Crippen LogP contribution in [0.1, 0.15) is 25.3 Å². The van der Waals surface area contributed by atoms with Gasteiger partial charge in [0.15, 0.2) is 0 Å². The molecule has 1 fully saturated rings. The summed E-state index contributed by atoms with van der Waals surface area (Å²) in [5.74, 6) is -0.0557. The highest BCUT2D eigenvalue weighted by molar-refractivity contribution is 5.72. The number of quaternary nitrogens is 1. The normalized spacial score (nSPS) is 21.3. The molecule has 2 rings (SSSR count). The van der Waals surface area contributed by atoms with Gasteiger partial charge < -0.3 is 9.64 Å². The molecule has 23 heavy (non-hydrogen) atoms. The third-order valence-corrected chi connectivity index (χ3v) is 4.15. The van der Waals surface area contributed by atoms with Crippen molar-refractivity contribution < 1.29 is 19.4 Å². The van der Waals surface area contributed by atoms with Crippen LogP contribution in [0.25, 0.3) is 6.08 Å². The summed E-state index contributed by atoms with van der Waals surface area (Å²) >= 11 is 0. The summed E-state index contributed by atoms with van der Waals surface area (Å²) < 4.78 is 5.07. The first-order valence-electron chi connectivity index (χ1n) is 8.02. The molecule has 1 aromatic rings. The van der Waals surface area contributed by atoms with Gasteiger partial charge in [-0.05, 0) is 25.1 Å². The Balaban J connectivity index is 1.84. The lowest BCUT2D eigenvalue weighted by Gasteiger charge is -2.27. The SMILES string of the molecule is CCOC(=O)C1CC[NH+](C/C=C/c2ccccc2[N+](=O)[O-])CC1. The van der Waals surface area contributed by atoms with E-state index in [1.54, 1.807) is 18.2 Å². The number of nitro benzene ring substituents is 1. The number of benzene rings is 1. The van der Waals surface area contributed by atoms with E-state index in [-0.39, 0.29) is 22.5 Å². The number of esters is 1. The van der Waals surface area contributed by atoms with Crippen molar-refractivity contribution >= 4 is 17.7 Å². The van der Waals surface area contributed by atoms with Gasteiger partial charge in [-0.25, -0.2) is 0 Å². The van der Waals surface area contributed by atoms with Crippen molar-refractivity contribution in [1.29, 1.82) is 0 Å². The first-order valence-corrected chi connectivity index (χ1v) is 8.02. The fourth-order valence-electron chi connectivity index (χ4n) is 2.87. The van der Waals surface area contributed by atoms with E-state index >= 15 is 0 Å². The third kappa shape index (κ3) is 4.89. The van der Waals surface area contributed by atoms with E-state index in [1.165, 1.54) is 11.0 Å². The second kappa shape index (κ2) is 8.43. The lowest BCUT2D eigenvalue weighted by atomic mass is 9.97. The number of para-hydroxylation sites is 1. The molecule has 1 aromatic carbocycles. The van der Waals surface area contributed by atoms with E-state index in [2.05, 4.69) is 0 Å². The van der Waals surface area contributed by atoms with Crippen molar-refractivity contribution in [2.24, 2.45) is 5.92 Å². The van der Waals surface area contributed by atoms with Crippen LogP contribution in [-0.4, -0.2) is 37.1 Å². The Morgan fingerprint density at radius 2 is 2.09 bits per heavy atom. The van der Waals surface area contributed by atoms with Crippen LogP contribution in [-0.2, 0) is 9.53 Å². The zero-order valence-corrected chi connectivity index (χ0v) is 13.4. The summed E-state index contributed by atoms with van der Waals surface area (Å²) in [5.41, 5.74) is 0.748. The number of likely N-dealkylation sites (tertiary alicyclic amines) is 1. The second-order valence-electron chi connectivity index (χ2n) is 5.70. The van der Waals surface area contributed by atoms with E-state index in [0.29, 0.717) is 12.2 Å². The summed E-state index contributed by atoms with van der Waals surface area (Å²) in [7, 11) is 0. The molecule has 0 aliphatic carbocycles. The molecule has 0 atom stereocenters. The number of rotatable bonds is 6. The van der Waals surface area contributed by atoms with E-state index in [9.17, 15) is 14.9 Å². The van der Waals surface area contributed by atoms with Gasteiger partial charge in [-0.1, -0.05) is 12.1 Å². The van der Waals surface area contributed by atoms with Gasteiger partial charge in [0.1, 0.15) is 0 Å². The average Bonchev–Trinajstić information content (AvgIpc) is 2.56. The molecule has 1 aliphatic heterocycles. The largest absolute Gasteiger partial charge is 0.466 e. The van der Waals surface area contributed by atoms with Gasteiger partial charge in [-0.15, -0.1) is 0 Å². The smallest absolute Gasteiger partial charge is 0.309 e. The van der Waals surface area contributed by atoms with Crippen molar-refractivity contribution in [1.82, 2.24) is 0 Å². The number of nitrogens with zero attached hydrogens (tertiary/aromatic N) is 1. The third-order valence-electron chi connectivity index (χ3n) is 4.15. The minimum atomic E-state index is -0.364. The molecule has 6 heteroatoms. The monoisotopic (exact) mass is 319 g/mol. The number of hydrogen-bond acceptors (Lipinski definition) is 4. The Kier molecular flexibility index (Phi) is 6.29. The number of ether oxygens (including phenoxy) is 1. The molecule has 0 unspecified atom stereocenters. The van der Waals surface area contributed by atoms with Crippen LogP contribution in [0.2, 0.25) is 0 Å². The van der Waals surface area contributed by atoms with Gasteiger partial charge in [-0.2, -0.15) is 0 Å². The number of piperidine rings is 1. The summed E-state index contributed by atoms with van der Waals surface area (Å²) in [6.07, 6.45) is 5.46. The molecule has 0 saturated carbocycles. The number of carbonyl (C=O) groups excluding carboxylic acids is 1. The molecule has 0 amide bonds. The van der Waals surface area contributed by atoms with Gasteiger partial charge in [0.05, 0.1) is 42.6 Å². The van der Waals surface area contributed by atoms with Crippen LogP contribution in [0.3, 0.4) is 0 Å². The maximum absolute atomic E-state index is 11.7. The van der Waals surface area contributed by atoms with Gasteiger partial charge in [0, 0.05) is 18.9 Å². The first-order chi connectivity index (χ1) is 11.1. The Labute approximate surface area is 135 Å². The molecule has 1 N–H and O–H groups in total. The van der Waals surface area contributed by atoms with Gasteiger partial charge in [0.25, 0.3) is 5.69 Å². The fourth-order valence-corrected chi connectivity index (χ4v) is 2.87. The lowest BCUT2D eigenvalue weighted by Crippen LogP contribution is -3.13. The number of nitrogens with one attached hydrogen (secondary N) is 1. The Morgan fingerprint density at radius 3 is 2.74 bits per heavy atom. The van der Waals surface area contributed by atoms with Gasteiger partial charge in [-0.3, -0.25) is 14.9 Å². The van der Waals surface area contributed by atoms with Crippen LogP contribution in [0.4, 0.5) is 5.69 Å². The van der Waals surface area contributed by atoms with E-state index in [4.69, 9.17) is 4.74 Å². The second-order valence-corrected chi connectivity index (χ2v) is 5.70. The molecule has 6 nitrogen and oxygen atoms in total. The summed E-state index contributed by atoms with van der Waals surface area (Å²) in [4.78, 5) is 23.7. The maximum Gasteiger partial charge on any atom is 0.309 e. The maximum atomic E-state index is 11.7. The van der Waals surface area contributed by atoms with Crippen molar-refractivity contribution in [2.75, 3.05) is 26.2 Å². The van der Waals surface area contributed by atoms with Crippen LogP contribution >= 0.6 is 0 Å². The van der Waals surface area contributed by atoms with E-state index in [1.807, 2.05) is 19.1 Å². The number of carbonyl (C=O) groups is 1. The minimum absolute atomic E-state index is 0.0258. The first kappa shape index (κ1) is 17.1. The molecule has 0 aromatic heterocycles.